The number of aldehydes is 1. The molecule has 7 nitrogen and oxygen atoms in total. The van der Waals surface area contributed by atoms with Crippen LogP contribution in [-0.4, -0.2) is 40.1 Å². The summed E-state index contributed by atoms with van der Waals surface area (Å²) >= 11 is 0. The normalized spacial score (nSPS) is 19.2. The monoisotopic (exact) mass is 414 g/mol. The van der Waals surface area contributed by atoms with Gasteiger partial charge in [0.1, 0.15) is 11.6 Å². The van der Waals surface area contributed by atoms with Crippen molar-refractivity contribution in [3.63, 3.8) is 0 Å². The van der Waals surface area contributed by atoms with E-state index in [4.69, 9.17) is 4.42 Å². The average molecular weight is 414 g/mol. The van der Waals surface area contributed by atoms with Gasteiger partial charge in [0.05, 0.1) is 17.7 Å². The van der Waals surface area contributed by atoms with Crippen LogP contribution < -0.4 is 10.6 Å². The summed E-state index contributed by atoms with van der Waals surface area (Å²) in [4.78, 5) is 19.9. The number of aromatic nitrogens is 2. The van der Waals surface area contributed by atoms with E-state index in [1.807, 2.05) is 0 Å². The molecule has 0 radical (unpaired) electrons. The third-order valence-corrected chi connectivity index (χ3v) is 4.66. The fourth-order valence-electron chi connectivity index (χ4n) is 3.15. The van der Waals surface area contributed by atoms with Crippen molar-refractivity contribution in [3.8, 4) is 11.3 Å². The molecule has 1 saturated carbocycles. The Balaban J connectivity index is 0.00000261. The van der Waals surface area contributed by atoms with Gasteiger partial charge >= 0.3 is 0 Å². The fourth-order valence-corrected chi connectivity index (χ4v) is 3.15. The molecule has 2 aromatic heterocycles. The Morgan fingerprint density at radius 1 is 1.33 bits per heavy atom. The van der Waals surface area contributed by atoms with Gasteiger partial charge in [-0.15, -0.1) is 0 Å². The Morgan fingerprint density at radius 3 is 2.85 bits per heavy atom. The van der Waals surface area contributed by atoms with Crippen LogP contribution in [-0.2, 0) is 17.1 Å². The summed E-state index contributed by atoms with van der Waals surface area (Å²) in [6, 6.07) is 3.30. The summed E-state index contributed by atoms with van der Waals surface area (Å²) < 4.78 is 5.54. The van der Waals surface area contributed by atoms with Crippen LogP contribution in [0.5, 0.6) is 0 Å². The second kappa shape index (κ2) is 10.4. The molecule has 2 aromatic rings. The Kier molecular flexibility index (Phi) is 8.28. The molecule has 0 aliphatic heterocycles. The van der Waals surface area contributed by atoms with E-state index >= 15 is 0 Å². The smallest absolute Gasteiger partial charge is 0.224 e. The van der Waals surface area contributed by atoms with Gasteiger partial charge < -0.3 is 20.2 Å². The topological polar surface area (TPSA) is 100 Å². The maximum atomic E-state index is 10.9. The van der Waals surface area contributed by atoms with E-state index in [-0.39, 0.29) is 28.9 Å². The number of furan rings is 1. The maximum Gasteiger partial charge on any atom is 0.224 e. The van der Waals surface area contributed by atoms with Crippen LogP contribution in [0, 0.1) is 0 Å². The number of hydrogen-bond acceptors (Lipinski definition) is 7. The first-order chi connectivity index (χ1) is 12.7. The van der Waals surface area contributed by atoms with Crippen molar-refractivity contribution >= 4 is 18.1 Å². The van der Waals surface area contributed by atoms with Gasteiger partial charge in [0.25, 0.3) is 0 Å². The van der Waals surface area contributed by atoms with Crippen LogP contribution in [0.15, 0.2) is 22.7 Å². The van der Waals surface area contributed by atoms with Gasteiger partial charge in [-0.05, 0) is 31.4 Å². The third-order valence-electron chi connectivity index (χ3n) is 4.66. The molecular formula is C19H26FeN4O3. The minimum absolute atomic E-state index is 0. The van der Waals surface area contributed by atoms with E-state index in [1.54, 1.807) is 18.3 Å². The zero-order valence-corrected chi connectivity index (χ0v) is 16.5. The summed E-state index contributed by atoms with van der Waals surface area (Å²) in [5.41, 5.74) is 0.678. The van der Waals surface area contributed by atoms with Crippen LogP contribution in [0.2, 0.25) is 0 Å². The molecule has 2 atom stereocenters. The van der Waals surface area contributed by atoms with Gasteiger partial charge in [-0.3, -0.25) is 4.79 Å². The number of anilines is 2. The van der Waals surface area contributed by atoms with Gasteiger partial charge in [0.15, 0.2) is 12.0 Å². The van der Waals surface area contributed by atoms with E-state index < -0.39 is 6.10 Å². The molecule has 0 saturated heterocycles. The second-order valence-corrected chi connectivity index (χ2v) is 6.66. The molecule has 0 aromatic carbocycles. The maximum absolute atomic E-state index is 10.9. The fraction of sp³-hybridized carbons (Fsp3) is 0.526. The Hall–Kier alpha value is -1.89. The number of unbranched alkanes of at least 4 members (excludes halogenated alkanes) is 1. The molecular weight excluding hydrogens is 388 g/mol. The van der Waals surface area contributed by atoms with E-state index in [0.29, 0.717) is 29.4 Å². The molecule has 8 heteroatoms. The summed E-state index contributed by atoms with van der Waals surface area (Å²) in [6.07, 6.45) is 7.88. The molecule has 1 aliphatic rings. The van der Waals surface area contributed by atoms with Crippen molar-refractivity contribution in [2.75, 3.05) is 17.2 Å². The Labute approximate surface area is 169 Å². The van der Waals surface area contributed by atoms with Crippen LogP contribution in [0.1, 0.15) is 56.0 Å². The van der Waals surface area contributed by atoms with Crippen molar-refractivity contribution in [1.82, 2.24) is 9.97 Å². The molecule has 0 amide bonds. The van der Waals surface area contributed by atoms with Crippen molar-refractivity contribution in [1.29, 1.82) is 0 Å². The van der Waals surface area contributed by atoms with Gasteiger partial charge in [-0.1, -0.05) is 26.2 Å². The summed E-state index contributed by atoms with van der Waals surface area (Å²) in [6.45, 7) is 2.93. The number of hydrogen-bond donors (Lipinski definition) is 3. The molecule has 2 unspecified atom stereocenters. The summed E-state index contributed by atoms with van der Waals surface area (Å²) in [5, 5.41) is 16.9. The quantitative estimate of drug-likeness (QED) is 0.346. The standard InChI is InChI=1S/C19H26N4O3.Fe/c1-2-3-10-20-19-21-11-14(17-9-8-13(12-24)26-17)18(23-19)22-15-6-4-5-7-16(15)25;/h8-9,11-12,15-16,25H,2-7,10H2,1H3,(H2,20,21,22,23);. The van der Waals surface area contributed by atoms with Gasteiger partial charge in [0.2, 0.25) is 5.95 Å². The molecule has 0 spiro atoms. The first kappa shape index (κ1) is 21.4. The number of carbonyl (C=O) groups is 1. The predicted octanol–water partition coefficient (Wildman–Crippen LogP) is 3.47. The number of carbonyl (C=O) groups excluding carboxylic acids is 1. The Bertz CT molecular complexity index is 737. The molecule has 0 bridgehead atoms. The molecule has 148 valence electrons. The van der Waals surface area contributed by atoms with E-state index in [0.717, 1.165) is 45.1 Å². The Morgan fingerprint density at radius 2 is 2.15 bits per heavy atom. The first-order valence-corrected chi connectivity index (χ1v) is 9.32. The van der Waals surface area contributed by atoms with Crippen molar-refractivity contribution < 1.29 is 31.4 Å². The molecule has 3 rings (SSSR count). The zero-order valence-electron chi connectivity index (χ0n) is 15.4. The van der Waals surface area contributed by atoms with E-state index in [1.165, 1.54) is 0 Å². The number of rotatable bonds is 8. The van der Waals surface area contributed by atoms with E-state index in [9.17, 15) is 9.90 Å². The molecule has 3 N–H and O–H groups in total. The van der Waals surface area contributed by atoms with Gasteiger partial charge in [-0.25, -0.2) is 4.98 Å². The molecule has 1 aliphatic carbocycles. The van der Waals surface area contributed by atoms with Crippen molar-refractivity contribution in [3.05, 3.63) is 24.1 Å². The minimum Gasteiger partial charge on any atom is -0.453 e. The van der Waals surface area contributed by atoms with Crippen LogP contribution in [0.4, 0.5) is 11.8 Å². The predicted molar refractivity (Wildman–Crippen MR) is 100 cm³/mol. The van der Waals surface area contributed by atoms with Gasteiger partial charge in [0, 0.05) is 29.8 Å². The van der Waals surface area contributed by atoms with E-state index in [2.05, 4.69) is 27.5 Å². The number of aliphatic hydroxyl groups is 1. The van der Waals surface area contributed by atoms with Crippen LogP contribution in [0.3, 0.4) is 0 Å². The summed E-state index contributed by atoms with van der Waals surface area (Å²) in [7, 11) is 0. The largest absolute Gasteiger partial charge is 0.453 e. The van der Waals surface area contributed by atoms with Crippen molar-refractivity contribution in [2.45, 2.75) is 57.6 Å². The average Bonchev–Trinajstić information content (AvgIpc) is 3.13. The SMILES string of the molecule is CCCCNc1ncc(-c2ccc(C=O)o2)c(NC2CCCCC2O)n1.[Fe]. The van der Waals surface area contributed by atoms with Gasteiger partial charge in [-0.2, -0.15) is 4.98 Å². The number of nitrogens with zero attached hydrogens (tertiary/aromatic N) is 2. The molecule has 1 fully saturated rings. The van der Waals surface area contributed by atoms with Crippen molar-refractivity contribution in [2.24, 2.45) is 0 Å². The first-order valence-electron chi connectivity index (χ1n) is 9.32. The molecule has 27 heavy (non-hydrogen) atoms. The van der Waals surface area contributed by atoms with Crippen LogP contribution in [0.25, 0.3) is 11.3 Å². The van der Waals surface area contributed by atoms with Crippen LogP contribution >= 0.6 is 0 Å². The number of nitrogens with one attached hydrogen (secondary N) is 2. The minimum atomic E-state index is -0.398. The summed E-state index contributed by atoms with van der Waals surface area (Å²) in [5.74, 6) is 1.93. The zero-order chi connectivity index (χ0) is 18.4. The molecule has 2 heterocycles. The second-order valence-electron chi connectivity index (χ2n) is 6.66. The third kappa shape index (κ3) is 5.54. The number of aliphatic hydroxyl groups excluding tert-OH is 1.